The van der Waals surface area contributed by atoms with E-state index in [0.717, 1.165) is 5.75 Å². The van der Waals surface area contributed by atoms with Crippen molar-refractivity contribution in [2.45, 2.75) is 26.7 Å². The van der Waals surface area contributed by atoms with Gasteiger partial charge in [-0.1, -0.05) is 36.7 Å². The van der Waals surface area contributed by atoms with Crippen LogP contribution in [0.3, 0.4) is 0 Å². The molecule has 6 nitrogen and oxygen atoms in total. The second-order valence-corrected chi connectivity index (χ2v) is 8.09. The Hall–Kier alpha value is -3.64. The highest BCUT2D eigenvalue weighted by molar-refractivity contribution is 6.31. The maximum Gasteiger partial charge on any atom is 0.309 e. The SMILES string of the molecule is CCOC(=O)C(CC)Cc1nc2ccc(Cl)cc2nc1Oc1ccc(Oc2ccccc2)cc1. The van der Waals surface area contributed by atoms with Gasteiger partial charge >= 0.3 is 5.97 Å². The van der Waals surface area contributed by atoms with E-state index in [1.54, 1.807) is 37.3 Å². The van der Waals surface area contributed by atoms with Crippen LogP contribution in [0.5, 0.6) is 23.1 Å². The summed E-state index contributed by atoms with van der Waals surface area (Å²) in [5.41, 5.74) is 1.87. The van der Waals surface area contributed by atoms with Crippen molar-refractivity contribution in [3.8, 4) is 23.1 Å². The highest BCUT2D eigenvalue weighted by atomic mass is 35.5. The standard InChI is InChI=1S/C27H25ClN2O4/c1-3-18(27(31)32-4-2)16-25-26(30-24-17-19(28)10-15-23(24)29-25)34-22-13-11-21(12-14-22)33-20-8-6-5-7-9-20/h5-15,17-18H,3-4,16H2,1-2H3. The van der Waals surface area contributed by atoms with Crippen LogP contribution in [0, 0.1) is 5.92 Å². The van der Waals surface area contributed by atoms with E-state index in [0.29, 0.717) is 58.6 Å². The Morgan fingerprint density at radius 2 is 1.53 bits per heavy atom. The first kappa shape index (κ1) is 23.5. The maximum absolute atomic E-state index is 12.4. The van der Waals surface area contributed by atoms with Crippen molar-refractivity contribution in [1.29, 1.82) is 0 Å². The zero-order valence-electron chi connectivity index (χ0n) is 19.0. The number of hydrogen-bond acceptors (Lipinski definition) is 6. The molecule has 0 aliphatic rings. The topological polar surface area (TPSA) is 70.5 Å². The summed E-state index contributed by atoms with van der Waals surface area (Å²) in [7, 11) is 0. The molecular formula is C27H25ClN2O4. The zero-order valence-corrected chi connectivity index (χ0v) is 19.8. The van der Waals surface area contributed by atoms with Crippen molar-refractivity contribution < 1.29 is 19.0 Å². The largest absolute Gasteiger partial charge is 0.466 e. The van der Waals surface area contributed by atoms with Crippen molar-refractivity contribution in [2.24, 2.45) is 5.92 Å². The molecule has 174 valence electrons. The second-order valence-electron chi connectivity index (χ2n) is 7.66. The van der Waals surface area contributed by atoms with Crippen molar-refractivity contribution in [3.63, 3.8) is 0 Å². The van der Waals surface area contributed by atoms with Gasteiger partial charge in [0.1, 0.15) is 22.9 Å². The number of hydrogen-bond donors (Lipinski definition) is 0. The van der Waals surface area contributed by atoms with Gasteiger partial charge in [0.25, 0.3) is 0 Å². The third kappa shape index (κ3) is 5.83. The van der Waals surface area contributed by atoms with Crippen LogP contribution in [0.2, 0.25) is 5.02 Å². The fourth-order valence-corrected chi connectivity index (χ4v) is 3.63. The molecule has 34 heavy (non-hydrogen) atoms. The first-order valence-corrected chi connectivity index (χ1v) is 11.6. The van der Waals surface area contributed by atoms with E-state index in [9.17, 15) is 4.79 Å². The molecule has 0 fully saturated rings. The Balaban J connectivity index is 1.61. The fourth-order valence-electron chi connectivity index (χ4n) is 3.46. The molecule has 0 aliphatic heterocycles. The van der Waals surface area contributed by atoms with E-state index < -0.39 is 0 Å². The molecule has 0 aliphatic carbocycles. The molecule has 0 bridgehead atoms. The van der Waals surface area contributed by atoms with E-state index in [2.05, 4.69) is 4.98 Å². The molecule has 0 saturated heterocycles. The molecule has 0 amide bonds. The summed E-state index contributed by atoms with van der Waals surface area (Å²) in [6, 6.07) is 22.1. The van der Waals surface area contributed by atoms with Gasteiger partial charge in [0.2, 0.25) is 5.88 Å². The third-order valence-corrected chi connectivity index (χ3v) is 5.47. The van der Waals surface area contributed by atoms with E-state index in [1.165, 1.54) is 0 Å². The molecule has 0 saturated carbocycles. The summed E-state index contributed by atoms with van der Waals surface area (Å²) < 4.78 is 17.2. The van der Waals surface area contributed by atoms with Crippen LogP contribution in [0.4, 0.5) is 0 Å². The molecule has 0 radical (unpaired) electrons. The van der Waals surface area contributed by atoms with Crippen LogP contribution in [0.15, 0.2) is 72.8 Å². The third-order valence-electron chi connectivity index (χ3n) is 5.23. The van der Waals surface area contributed by atoms with Crippen LogP contribution < -0.4 is 9.47 Å². The average molecular weight is 477 g/mol. The number of para-hydroxylation sites is 1. The number of halogens is 1. The molecule has 0 spiro atoms. The molecule has 1 unspecified atom stereocenters. The number of esters is 1. The summed E-state index contributed by atoms with van der Waals surface area (Å²) in [5.74, 6) is 1.74. The highest BCUT2D eigenvalue weighted by Crippen LogP contribution is 2.30. The summed E-state index contributed by atoms with van der Waals surface area (Å²) >= 11 is 6.15. The van der Waals surface area contributed by atoms with Crippen molar-refractivity contribution in [1.82, 2.24) is 9.97 Å². The lowest BCUT2D eigenvalue weighted by Gasteiger charge is -2.16. The highest BCUT2D eigenvalue weighted by Gasteiger charge is 2.23. The number of nitrogens with zero attached hydrogens (tertiary/aromatic N) is 2. The molecule has 1 heterocycles. The van der Waals surface area contributed by atoms with Gasteiger partial charge in [-0.15, -0.1) is 0 Å². The maximum atomic E-state index is 12.4. The number of carbonyl (C=O) groups is 1. The summed E-state index contributed by atoms with van der Waals surface area (Å²) in [4.78, 5) is 21.8. The van der Waals surface area contributed by atoms with Gasteiger partial charge < -0.3 is 14.2 Å². The Bertz CT molecular complexity index is 1260. The molecule has 1 atom stereocenters. The van der Waals surface area contributed by atoms with Gasteiger partial charge in [-0.25, -0.2) is 9.97 Å². The van der Waals surface area contributed by atoms with E-state index in [1.807, 2.05) is 49.4 Å². The molecular weight excluding hydrogens is 452 g/mol. The van der Waals surface area contributed by atoms with Gasteiger partial charge in [0.05, 0.1) is 23.6 Å². The monoisotopic (exact) mass is 476 g/mol. The lowest BCUT2D eigenvalue weighted by molar-refractivity contribution is -0.148. The summed E-state index contributed by atoms with van der Waals surface area (Å²) in [5, 5.41) is 0.556. The Morgan fingerprint density at radius 3 is 2.21 bits per heavy atom. The van der Waals surface area contributed by atoms with Gasteiger partial charge in [-0.3, -0.25) is 4.79 Å². The zero-order chi connectivity index (χ0) is 23.9. The van der Waals surface area contributed by atoms with Crippen molar-refractivity contribution >= 4 is 28.6 Å². The summed E-state index contributed by atoms with van der Waals surface area (Å²) in [6.07, 6.45) is 0.968. The smallest absolute Gasteiger partial charge is 0.309 e. The van der Waals surface area contributed by atoms with Gasteiger partial charge in [0.15, 0.2) is 0 Å². The Morgan fingerprint density at radius 1 is 0.853 bits per heavy atom. The van der Waals surface area contributed by atoms with Gasteiger partial charge in [0, 0.05) is 11.4 Å². The number of aromatic nitrogens is 2. The van der Waals surface area contributed by atoms with Crippen LogP contribution >= 0.6 is 11.6 Å². The first-order valence-electron chi connectivity index (χ1n) is 11.2. The average Bonchev–Trinajstić information content (AvgIpc) is 2.84. The molecule has 0 N–H and O–H groups in total. The molecule has 3 aromatic carbocycles. The van der Waals surface area contributed by atoms with E-state index in [4.69, 9.17) is 30.8 Å². The van der Waals surface area contributed by atoms with E-state index in [-0.39, 0.29) is 11.9 Å². The van der Waals surface area contributed by atoms with Crippen LogP contribution in [0.25, 0.3) is 11.0 Å². The van der Waals surface area contributed by atoms with Crippen molar-refractivity contribution in [3.05, 3.63) is 83.5 Å². The second kappa shape index (κ2) is 11.0. The van der Waals surface area contributed by atoms with Gasteiger partial charge in [-0.05, 0) is 67.9 Å². The first-order chi connectivity index (χ1) is 16.6. The van der Waals surface area contributed by atoms with Crippen LogP contribution in [0.1, 0.15) is 26.0 Å². The minimum absolute atomic E-state index is 0.253. The lowest BCUT2D eigenvalue weighted by Crippen LogP contribution is -2.20. The normalized spacial score (nSPS) is 11.7. The quantitative estimate of drug-likeness (QED) is 0.242. The predicted octanol–water partition coefficient (Wildman–Crippen LogP) is 7.00. The number of benzene rings is 3. The van der Waals surface area contributed by atoms with E-state index >= 15 is 0 Å². The molecule has 4 rings (SSSR count). The molecule has 1 aromatic heterocycles. The number of fused-ring (bicyclic) bond motifs is 1. The minimum atomic E-state index is -0.344. The fraction of sp³-hybridized carbons (Fsp3) is 0.222. The Kier molecular flexibility index (Phi) is 7.60. The molecule has 4 aromatic rings. The predicted molar refractivity (Wildman–Crippen MR) is 132 cm³/mol. The lowest BCUT2D eigenvalue weighted by atomic mass is 10.0. The van der Waals surface area contributed by atoms with Gasteiger partial charge in [-0.2, -0.15) is 0 Å². The Labute approximate surface area is 203 Å². The number of carbonyl (C=O) groups excluding carboxylic acids is 1. The van der Waals surface area contributed by atoms with Crippen molar-refractivity contribution in [2.75, 3.05) is 6.61 Å². The number of rotatable bonds is 9. The summed E-state index contributed by atoms with van der Waals surface area (Å²) in [6.45, 7) is 4.07. The minimum Gasteiger partial charge on any atom is -0.466 e. The van der Waals surface area contributed by atoms with Crippen LogP contribution in [-0.2, 0) is 16.0 Å². The van der Waals surface area contributed by atoms with Crippen LogP contribution in [-0.4, -0.2) is 22.5 Å². The number of ether oxygens (including phenoxy) is 3. The molecule has 7 heteroatoms.